The molecule has 9 heteroatoms. The molecule has 2 aromatic rings. The number of likely N-dealkylation sites (tertiary alicyclic amines) is 1. The third-order valence-electron chi connectivity index (χ3n) is 6.11. The lowest BCUT2D eigenvalue weighted by molar-refractivity contribution is -0.134. The first-order valence-corrected chi connectivity index (χ1v) is 13.2. The second kappa shape index (κ2) is 10.5. The molecule has 0 bridgehead atoms. The summed E-state index contributed by atoms with van der Waals surface area (Å²) < 4.78 is 36.4. The Hall–Kier alpha value is -2.94. The van der Waals surface area contributed by atoms with Gasteiger partial charge in [-0.1, -0.05) is 26.0 Å². The summed E-state index contributed by atoms with van der Waals surface area (Å²) in [6.45, 7) is 5.72. The number of hydrogen-bond acceptors (Lipinski definition) is 6. The molecule has 0 aromatic heterocycles. The number of benzene rings is 2. The summed E-state index contributed by atoms with van der Waals surface area (Å²) in [7, 11) is -0.411. The summed E-state index contributed by atoms with van der Waals surface area (Å²) in [6, 6.07) is 9.99. The van der Waals surface area contributed by atoms with Crippen molar-refractivity contribution < 1.29 is 27.8 Å². The van der Waals surface area contributed by atoms with Gasteiger partial charge in [-0.3, -0.25) is 9.52 Å². The number of aromatic hydroxyl groups is 1. The number of phenols is 1. The lowest BCUT2D eigenvalue weighted by atomic mass is 9.85. The van der Waals surface area contributed by atoms with E-state index < -0.39 is 15.9 Å². The highest BCUT2D eigenvalue weighted by molar-refractivity contribution is 7.92. The van der Waals surface area contributed by atoms with Crippen LogP contribution in [-0.2, 0) is 14.8 Å². The zero-order valence-corrected chi connectivity index (χ0v) is 21.2. The van der Waals surface area contributed by atoms with Gasteiger partial charge in [-0.15, -0.1) is 0 Å². The van der Waals surface area contributed by atoms with E-state index in [1.54, 1.807) is 30.3 Å². The van der Waals surface area contributed by atoms with Crippen molar-refractivity contribution in [2.75, 3.05) is 38.3 Å². The monoisotopic (exact) mass is 490 g/mol. The standard InChI is InChI=1S/C25H34N2O6S/c1-16-10-17(2)15-27(14-16)24(29)13-21(18-6-8-19(9-7-18)26-34(5,30)31)25-22(28)11-20(32-3)12-23(25)33-4/h6-9,11-12,16-17,21,26,28H,10,13-15H2,1-5H3. The molecule has 8 nitrogen and oxygen atoms in total. The number of carbonyl (C=O) groups excluding carboxylic acids is 1. The summed E-state index contributed by atoms with van der Waals surface area (Å²) in [5, 5.41) is 10.9. The van der Waals surface area contributed by atoms with Crippen molar-refractivity contribution in [3.05, 3.63) is 47.5 Å². The quantitative estimate of drug-likeness (QED) is 0.583. The summed E-state index contributed by atoms with van der Waals surface area (Å²) in [6.07, 6.45) is 2.31. The average molecular weight is 491 g/mol. The zero-order valence-electron chi connectivity index (χ0n) is 20.4. The largest absolute Gasteiger partial charge is 0.507 e. The number of methoxy groups -OCH3 is 2. The number of ether oxygens (including phenoxy) is 2. The molecule has 1 aliphatic rings. The minimum atomic E-state index is -3.42. The molecule has 3 rings (SSSR count). The minimum Gasteiger partial charge on any atom is -0.507 e. The second-order valence-electron chi connectivity index (χ2n) is 9.26. The van der Waals surface area contributed by atoms with Crippen LogP contribution in [0.1, 0.15) is 43.7 Å². The number of hydrogen-bond donors (Lipinski definition) is 2. The fourth-order valence-electron chi connectivity index (χ4n) is 4.78. The van der Waals surface area contributed by atoms with Crippen LogP contribution < -0.4 is 14.2 Å². The van der Waals surface area contributed by atoms with Crippen LogP contribution in [0.3, 0.4) is 0 Å². The van der Waals surface area contributed by atoms with Gasteiger partial charge in [-0.25, -0.2) is 8.42 Å². The molecule has 186 valence electrons. The first kappa shape index (κ1) is 25.7. The van der Waals surface area contributed by atoms with Crippen LogP contribution in [0.5, 0.6) is 17.2 Å². The number of anilines is 1. The highest BCUT2D eigenvalue weighted by Gasteiger charge is 2.31. The van der Waals surface area contributed by atoms with Gasteiger partial charge < -0.3 is 19.5 Å². The van der Waals surface area contributed by atoms with Crippen molar-refractivity contribution >= 4 is 21.6 Å². The van der Waals surface area contributed by atoms with Crippen LogP contribution in [0.15, 0.2) is 36.4 Å². The number of carbonyl (C=O) groups is 1. The summed E-state index contributed by atoms with van der Waals surface area (Å²) in [5.74, 6) is 1.16. The molecule has 0 radical (unpaired) electrons. The SMILES string of the molecule is COc1cc(O)c(C(CC(=O)N2CC(C)CC(C)C2)c2ccc(NS(C)(=O)=O)cc2)c(OC)c1. The Bertz CT molecular complexity index is 1110. The lowest BCUT2D eigenvalue weighted by Crippen LogP contribution is -2.43. The maximum absolute atomic E-state index is 13.4. The third-order valence-corrected chi connectivity index (χ3v) is 6.72. The molecule has 1 aliphatic heterocycles. The molecule has 3 atom stereocenters. The van der Waals surface area contributed by atoms with Crippen LogP contribution in [0.2, 0.25) is 0 Å². The number of nitrogens with one attached hydrogen (secondary N) is 1. The third kappa shape index (κ3) is 6.34. The number of phenolic OH excluding ortho intramolecular Hbond substituents is 1. The average Bonchev–Trinajstić information content (AvgIpc) is 2.76. The van der Waals surface area contributed by atoms with Crippen LogP contribution >= 0.6 is 0 Å². The van der Waals surface area contributed by atoms with Crippen molar-refractivity contribution in [3.8, 4) is 17.2 Å². The molecule has 1 amide bonds. The number of piperidine rings is 1. The maximum atomic E-state index is 13.4. The van der Waals surface area contributed by atoms with Gasteiger partial charge in [0.15, 0.2) is 0 Å². The Kier molecular flexibility index (Phi) is 7.97. The molecule has 2 N–H and O–H groups in total. The summed E-state index contributed by atoms with van der Waals surface area (Å²) in [5.41, 5.74) is 1.66. The summed E-state index contributed by atoms with van der Waals surface area (Å²) in [4.78, 5) is 15.3. The van der Waals surface area contributed by atoms with Crippen LogP contribution in [0.4, 0.5) is 5.69 Å². The van der Waals surface area contributed by atoms with E-state index in [4.69, 9.17) is 9.47 Å². The molecule has 2 aromatic carbocycles. The number of nitrogens with zero attached hydrogens (tertiary/aromatic N) is 1. The molecule has 0 aliphatic carbocycles. The van der Waals surface area contributed by atoms with E-state index in [0.717, 1.165) is 18.2 Å². The smallest absolute Gasteiger partial charge is 0.229 e. The van der Waals surface area contributed by atoms with E-state index in [0.29, 0.717) is 47.7 Å². The molecule has 3 unspecified atom stereocenters. The first-order valence-electron chi connectivity index (χ1n) is 11.3. The minimum absolute atomic E-state index is 0.000918. The fraction of sp³-hybridized carbons (Fsp3) is 0.480. The topological polar surface area (TPSA) is 105 Å². The molecular formula is C25H34N2O6S. The van der Waals surface area contributed by atoms with Crippen molar-refractivity contribution in [2.24, 2.45) is 11.8 Å². The van der Waals surface area contributed by atoms with Gasteiger partial charge >= 0.3 is 0 Å². The lowest BCUT2D eigenvalue weighted by Gasteiger charge is -2.36. The molecule has 1 saturated heterocycles. The number of amides is 1. The van der Waals surface area contributed by atoms with E-state index in [-0.39, 0.29) is 18.1 Å². The van der Waals surface area contributed by atoms with Gasteiger partial charge in [0.25, 0.3) is 0 Å². The van der Waals surface area contributed by atoms with Gasteiger partial charge in [0, 0.05) is 48.8 Å². The van der Waals surface area contributed by atoms with Gasteiger partial charge in [0.05, 0.1) is 20.5 Å². The fourth-order valence-corrected chi connectivity index (χ4v) is 5.34. The van der Waals surface area contributed by atoms with E-state index in [1.165, 1.54) is 20.3 Å². The van der Waals surface area contributed by atoms with Crippen molar-refractivity contribution in [1.82, 2.24) is 4.90 Å². The predicted octanol–water partition coefficient (Wildman–Crippen LogP) is 3.81. The normalized spacial score (nSPS) is 19.4. The van der Waals surface area contributed by atoms with Crippen molar-refractivity contribution in [2.45, 2.75) is 32.6 Å². The highest BCUT2D eigenvalue weighted by atomic mass is 32.2. The van der Waals surface area contributed by atoms with E-state index in [1.807, 2.05) is 4.90 Å². The van der Waals surface area contributed by atoms with Crippen LogP contribution in [0, 0.1) is 11.8 Å². The van der Waals surface area contributed by atoms with Gasteiger partial charge in [0.2, 0.25) is 15.9 Å². The van der Waals surface area contributed by atoms with Gasteiger partial charge in [-0.05, 0) is 36.0 Å². The molecule has 1 fully saturated rings. The zero-order chi connectivity index (χ0) is 25.0. The molecule has 0 saturated carbocycles. The highest BCUT2D eigenvalue weighted by Crippen LogP contribution is 2.43. The molecule has 1 heterocycles. The Morgan fingerprint density at radius 2 is 1.74 bits per heavy atom. The first-order chi connectivity index (χ1) is 16.0. The van der Waals surface area contributed by atoms with Gasteiger partial charge in [-0.2, -0.15) is 0 Å². The summed E-state index contributed by atoms with van der Waals surface area (Å²) >= 11 is 0. The molecule has 0 spiro atoms. The van der Waals surface area contributed by atoms with Crippen molar-refractivity contribution in [3.63, 3.8) is 0 Å². The Labute approximate surface area is 201 Å². The molecule has 34 heavy (non-hydrogen) atoms. The van der Waals surface area contributed by atoms with Crippen molar-refractivity contribution in [1.29, 1.82) is 0 Å². The Balaban J connectivity index is 2.01. The molecular weight excluding hydrogens is 456 g/mol. The predicted molar refractivity (Wildman–Crippen MR) is 132 cm³/mol. The van der Waals surface area contributed by atoms with Gasteiger partial charge in [0.1, 0.15) is 17.2 Å². The Morgan fingerprint density at radius 3 is 2.26 bits per heavy atom. The second-order valence-corrected chi connectivity index (χ2v) is 11.0. The number of sulfonamides is 1. The number of rotatable bonds is 8. The van der Waals surface area contributed by atoms with E-state index in [9.17, 15) is 18.3 Å². The Morgan fingerprint density at radius 1 is 1.12 bits per heavy atom. The maximum Gasteiger partial charge on any atom is 0.229 e. The van der Waals surface area contributed by atoms with E-state index in [2.05, 4.69) is 18.6 Å². The van der Waals surface area contributed by atoms with E-state index >= 15 is 0 Å². The van der Waals surface area contributed by atoms with Crippen LogP contribution in [0.25, 0.3) is 0 Å². The van der Waals surface area contributed by atoms with Crippen LogP contribution in [-0.4, -0.2) is 57.9 Å².